The molecule has 0 saturated carbocycles. The van der Waals surface area contributed by atoms with Gasteiger partial charge in [-0.2, -0.15) is 0 Å². The van der Waals surface area contributed by atoms with E-state index in [1.165, 1.54) is 38.0 Å². The van der Waals surface area contributed by atoms with Crippen LogP contribution in [0, 0.1) is 0 Å². The summed E-state index contributed by atoms with van der Waals surface area (Å²) in [5.74, 6) is 0. The number of nitrogens with zero attached hydrogens (tertiary/aromatic N) is 1. The maximum Gasteiger partial charge on any atom is 0.0178 e. The van der Waals surface area contributed by atoms with Crippen LogP contribution < -0.4 is 0 Å². The summed E-state index contributed by atoms with van der Waals surface area (Å²) < 4.78 is 0. The van der Waals surface area contributed by atoms with E-state index in [1.54, 1.807) is 0 Å². The van der Waals surface area contributed by atoms with Crippen LogP contribution in [0.25, 0.3) is 0 Å². The summed E-state index contributed by atoms with van der Waals surface area (Å²) in [6.45, 7) is 10.1. The van der Waals surface area contributed by atoms with E-state index < -0.39 is 0 Å². The lowest BCUT2D eigenvalue weighted by molar-refractivity contribution is 0.388. The number of allylic oxidation sites excluding steroid dienone is 2. The predicted molar refractivity (Wildman–Crippen MR) is 49.4 cm³/mol. The van der Waals surface area contributed by atoms with Gasteiger partial charge in [0, 0.05) is 18.8 Å². The number of hydrogen-bond donors (Lipinski definition) is 0. The smallest absolute Gasteiger partial charge is 0.0178 e. The van der Waals surface area contributed by atoms with Gasteiger partial charge in [-0.15, -0.1) is 6.58 Å². The van der Waals surface area contributed by atoms with E-state index in [4.69, 9.17) is 0 Å². The third-order valence-electron chi connectivity index (χ3n) is 2.18. The SMILES string of the molecule is C=CCCCN1CCCC1=C. The molecule has 0 aromatic rings. The molecular weight excluding hydrogens is 134 g/mol. The lowest BCUT2D eigenvalue weighted by atomic mass is 10.3. The van der Waals surface area contributed by atoms with Crippen LogP contribution in [-0.4, -0.2) is 18.0 Å². The van der Waals surface area contributed by atoms with Crippen molar-refractivity contribution in [1.82, 2.24) is 4.90 Å². The van der Waals surface area contributed by atoms with Crippen molar-refractivity contribution in [2.24, 2.45) is 0 Å². The van der Waals surface area contributed by atoms with E-state index >= 15 is 0 Å². The van der Waals surface area contributed by atoms with E-state index in [0.717, 1.165) is 6.42 Å². The van der Waals surface area contributed by atoms with Gasteiger partial charge in [-0.25, -0.2) is 0 Å². The Bertz CT molecular complexity index is 149. The zero-order valence-corrected chi connectivity index (χ0v) is 7.18. The van der Waals surface area contributed by atoms with Gasteiger partial charge in [0.2, 0.25) is 0 Å². The van der Waals surface area contributed by atoms with Crippen molar-refractivity contribution in [3.8, 4) is 0 Å². The van der Waals surface area contributed by atoms with Crippen molar-refractivity contribution < 1.29 is 0 Å². The molecule has 0 amide bonds. The highest BCUT2D eigenvalue weighted by Gasteiger charge is 2.12. The van der Waals surface area contributed by atoms with Gasteiger partial charge in [-0.1, -0.05) is 12.7 Å². The average molecular weight is 151 g/mol. The highest BCUT2D eigenvalue weighted by atomic mass is 15.1. The Morgan fingerprint density at radius 1 is 1.55 bits per heavy atom. The lowest BCUT2D eigenvalue weighted by Crippen LogP contribution is -2.18. The molecule has 0 spiro atoms. The van der Waals surface area contributed by atoms with Crippen molar-refractivity contribution in [3.05, 3.63) is 24.9 Å². The van der Waals surface area contributed by atoms with Crippen molar-refractivity contribution in [2.45, 2.75) is 25.7 Å². The number of rotatable bonds is 4. The Kier molecular flexibility index (Phi) is 3.21. The molecule has 1 rings (SSSR count). The fourth-order valence-corrected chi connectivity index (χ4v) is 1.49. The number of hydrogen-bond acceptors (Lipinski definition) is 1. The maximum absolute atomic E-state index is 4.01. The first-order chi connectivity index (χ1) is 5.34. The average Bonchev–Trinajstić information content (AvgIpc) is 2.37. The zero-order chi connectivity index (χ0) is 8.10. The summed E-state index contributed by atoms with van der Waals surface area (Å²) in [5, 5.41) is 0. The summed E-state index contributed by atoms with van der Waals surface area (Å²) >= 11 is 0. The van der Waals surface area contributed by atoms with E-state index in [9.17, 15) is 0 Å². The molecule has 0 atom stereocenters. The Morgan fingerprint density at radius 3 is 2.91 bits per heavy atom. The molecule has 1 fully saturated rings. The van der Waals surface area contributed by atoms with Crippen LogP contribution in [-0.2, 0) is 0 Å². The van der Waals surface area contributed by atoms with Gasteiger partial charge in [0.1, 0.15) is 0 Å². The first-order valence-electron chi connectivity index (χ1n) is 4.38. The topological polar surface area (TPSA) is 3.24 Å². The van der Waals surface area contributed by atoms with Crippen LogP contribution in [0.1, 0.15) is 25.7 Å². The Labute approximate surface area is 69.4 Å². The van der Waals surface area contributed by atoms with Crippen molar-refractivity contribution in [3.63, 3.8) is 0 Å². The van der Waals surface area contributed by atoms with Gasteiger partial charge >= 0.3 is 0 Å². The highest BCUT2D eigenvalue weighted by Crippen LogP contribution is 2.18. The van der Waals surface area contributed by atoms with Crippen LogP contribution in [0.2, 0.25) is 0 Å². The maximum atomic E-state index is 4.01. The third-order valence-corrected chi connectivity index (χ3v) is 2.18. The van der Waals surface area contributed by atoms with Crippen LogP contribution >= 0.6 is 0 Å². The molecule has 1 heterocycles. The molecule has 1 heteroatoms. The molecule has 1 saturated heterocycles. The molecule has 11 heavy (non-hydrogen) atoms. The van der Waals surface area contributed by atoms with E-state index in [0.29, 0.717) is 0 Å². The molecule has 1 nitrogen and oxygen atoms in total. The summed E-state index contributed by atoms with van der Waals surface area (Å²) in [4.78, 5) is 2.39. The molecule has 1 aliphatic rings. The summed E-state index contributed by atoms with van der Waals surface area (Å²) in [6, 6.07) is 0. The summed E-state index contributed by atoms with van der Waals surface area (Å²) in [7, 11) is 0. The molecule has 0 aromatic heterocycles. The molecule has 0 radical (unpaired) electrons. The molecule has 1 aliphatic heterocycles. The minimum Gasteiger partial charge on any atom is -0.375 e. The first kappa shape index (κ1) is 8.38. The predicted octanol–water partition coefficient (Wildman–Crippen LogP) is 2.56. The van der Waals surface area contributed by atoms with Crippen molar-refractivity contribution in [2.75, 3.05) is 13.1 Å². The lowest BCUT2D eigenvalue weighted by Gasteiger charge is -2.18. The molecular formula is C10H17N. The van der Waals surface area contributed by atoms with Crippen LogP contribution in [0.5, 0.6) is 0 Å². The van der Waals surface area contributed by atoms with Crippen LogP contribution in [0.4, 0.5) is 0 Å². The Morgan fingerprint density at radius 2 is 2.36 bits per heavy atom. The second-order valence-corrected chi connectivity index (χ2v) is 3.09. The van der Waals surface area contributed by atoms with Gasteiger partial charge in [-0.3, -0.25) is 0 Å². The minimum atomic E-state index is 1.13. The Balaban J connectivity index is 2.15. The van der Waals surface area contributed by atoms with Gasteiger partial charge < -0.3 is 4.90 Å². The van der Waals surface area contributed by atoms with E-state index in [2.05, 4.69) is 18.1 Å². The molecule has 0 aromatic carbocycles. The van der Waals surface area contributed by atoms with Gasteiger partial charge in [0.15, 0.2) is 0 Å². The fraction of sp³-hybridized carbons (Fsp3) is 0.600. The highest BCUT2D eigenvalue weighted by molar-refractivity contribution is 4.99. The van der Waals surface area contributed by atoms with E-state index in [-0.39, 0.29) is 0 Å². The van der Waals surface area contributed by atoms with Crippen molar-refractivity contribution >= 4 is 0 Å². The second kappa shape index (κ2) is 4.22. The molecule has 0 bridgehead atoms. The van der Waals surface area contributed by atoms with Crippen molar-refractivity contribution in [1.29, 1.82) is 0 Å². The fourth-order valence-electron chi connectivity index (χ4n) is 1.49. The van der Waals surface area contributed by atoms with Gasteiger partial charge in [0.05, 0.1) is 0 Å². The monoisotopic (exact) mass is 151 g/mol. The Hall–Kier alpha value is -0.720. The third kappa shape index (κ3) is 2.41. The van der Waals surface area contributed by atoms with Crippen LogP contribution in [0.15, 0.2) is 24.9 Å². The largest absolute Gasteiger partial charge is 0.375 e. The molecule has 0 aliphatic carbocycles. The second-order valence-electron chi connectivity index (χ2n) is 3.09. The zero-order valence-electron chi connectivity index (χ0n) is 7.18. The quantitative estimate of drug-likeness (QED) is 0.441. The summed E-state index contributed by atoms with van der Waals surface area (Å²) in [5.41, 5.74) is 1.33. The number of unbranched alkanes of at least 4 members (excludes halogenated alkanes) is 1. The number of likely N-dealkylation sites (tertiary alicyclic amines) is 1. The first-order valence-corrected chi connectivity index (χ1v) is 4.38. The normalized spacial score (nSPS) is 17.5. The van der Waals surface area contributed by atoms with E-state index in [1.807, 2.05) is 6.08 Å². The molecule has 62 valence electrons. The molecule has 0 N–H and O–H groups in total. The van der Waals surface area contributed by atoms with Gasteiger partial charge in [-0.05, 0) is 25.7 Å². The summed E-state index contributed by atoms with van der Waals surface area (Å²) in [6.07, 6.45) is 6.84. The standard InChI is InChI=1S/C10H17N/c1-3-4-5-8-11-9-6-7-10(11)2/h3H,1-2,4-9H2. The minimum absolute atomic E-state index is 1.13. The van der Waals surface area contributed by atoms with Gasteiger partial charge in [0.25, 0.3) is 0 Å². The van der Waals surface area contributed by atoms with Crippen LogP contribution in [0.3, 0.4) is 0 Å². The molecule has 0 unspecified atom stereocenters.